The van der Waals surface area contributed by atoms with E-state index in [9.17, 15) is 0 Å². The fourth-order valence-corrected chi connectivity index (χ4v) is 3.15. The van der Waals surface area contributed by atoms with Crippen LogP contribution in [0.2, 0.25) is 0 Å². The van der Waals surface area contributed by atoms with E-state index in [-0.39, 0.29) is 0 Å². The highest BCUT2D eigenvalue weighted by atomic mass is 35.6. The first-order valence-electron chi connectivity index (χ1n) is 3.93. The van der Waals surface area contributed by atoms with Crippen LogP contribution in [0.15, 0.2) is 41.6 Å². The minimum atomic E-state index is -0.957. The SMILES string of the molecule is CC(C)=C[Si](Cl)c1ccccc1. The van der Waals surface area contributed by atoms with E-state index < -0.39 is 8.11 Å². The van der Waals surface area contributed by atoms with Gasteiger partial charge in [0.25, 0.3) is 0 Å². The summed E-state index contributed by atoms with van der Waals surface area (Å²) in [6.45, 7) is 4.16. The second kappa shape index (κ2) is 4.48. The van der Waals surface area contributed by atoms with Crippen LogP contribution < -0.4 is 5.19 Å². The minimum absolute atomic E-state index is 0.957. The summed E-state index contributed by atoms with van der Waals surface area (Å²) in [4.78, 5) is 0. The van der Waals surface area contributed by atoms with Crippen LogP contribution in [-0.4, -0.2) is 8.11 Å². The van der Waals surface area contributed by atoms with Crippen molar-refractivity contribution in [2.24, 2.45) is 0 Å². The van der Waals surface area contributed by atoms with E-state index >= 15 is 0 Å². The smallest absolute Gasteiger partial charge is 0.157 e. The number of halogens is 1. The van der Waals surface area contributed by atoms with E-state index in [1.807, 2.05) is 18.2 Å². The van der Waals surface area contributed by atoms with Gasteiger partial charge in [-0.2, -0.15) is 11.1 Å². The van der Waals surface area contributed by atoms with Crippen molar-refractivity contribution < 1.29 is 0 Å². The molecule has 0 atom stereocenters. The van der Waals surface area contributed by atoms with E-state index in [2.05, 4.69) is 31.7 Å². The summed E-state index contributed by atoms with van der Waals surface area (Å²) >= 11 is 6.23. The maximum absolute atomic E-state index is 6.23. The Kier molecular flexibility index (Phi) is 3.57. The molecule has 0 aliphatic carbocycles. The zero-order valence-corrected chi connectivity index (χ0v) is 9.10. The van der Waals surface area contributed by atoms with E-state index in [1.54, 1.807) is 0 Å². The monoisotopic (exact) mass is 195 g/mol. The van der Waals surface area contributed by atoms with Crippen molar-refractivity contribution >= 4 is 24.4 Å². The average Bonchev–Trinajstić information content (AvgIpc) is 2.05. The van der Waals surface area contributed by atoms with Gasteiger partial charge in [-0.05, 0) is 19.0 Å². The Hall–Kier alpha value is -0.533. The van der Waals surface area contributed by atoms with Crippen LogP contribution in [0.5, 0.6) is 0 Å². The molecule has 0 heterocycles. The molecule has 1 radical (unpaired) electrons. The van der Waals surface area contributed by atoms with Crippen molar-refractivity contribution in [3.8, 4) is 0 Å². The van der Waals surface area contributed by atoms with E-state index in [0.717, 1.165) is 0 Å². The van der Waals surface area contributed by atoms with E-state index in [0.29, 0.717) is 0 Å². The second-order valence-electron chi connectivity index (χ2n) is 2.94. The molecule has 0 unspecified atom stereocenters. The molecule has 12 heavy (non-hydrogen) atoms. The molecule has 0 saturated heterocycles. The van der Waals surface area contributed by atoms with Gasteiger partial charge < -0.3 is 0 Å². The van der Waals surface area contributed by atoms with Crippen LogP contribution in [-0.2, 0) is 0 Å². The van der Waals surface area contributed by atoms with Crippen LogP contribution in [0.1, 0.15) is 13.8 Å². The molecule has 0 aliphatic heterocycles. The van der Waals surface area contributed by atoms with Gasteiger partial charge in [-0.25, -0.2) is 0 Å². The summed E-state index contributed by atoms with van der Waals surface area (Å²) in [5.74, 6) is 0. The lowest BCUT2D eigenvalue weighted by Gasteiger charge is -2.01. The van der Waals surface area contributed by atoms with Crippen LogP contribution >= 0.6 is 11.1 Å². The zero-order valence-electron chi connectivity index (χ0n) is 7.34. The summed E-state index contributed by atoms with van der Waals surface area (Å²) < 4.78 is 0. The highest BCUT2D eigenvalue weighted by Gasteiger charge is 2.05. The minimum Gasteiger partial charge on any atom is -0.157 e. The van der Waals surface area contributed by atoms with Crippen molar-refractivity contribution in [2.45, 2.75) is 13.8 Å². The molecule has 0 nitrogen and oxygen atoms in total. The van der Waals surface area contributed by atoms with Crippen molar-refractivity contribution in [3.05, 3.63) is 41.6 Å². The molecule has 0 N–H and O–H groups in total. The first-order valence-corrected chi connectivity index (χ1v) is 6.52. The maximum Gasteiger partial charge on any atom is 0.226 e. The molecule has 0 spiro atoms. The Morgan fingerprint density at radius 1 is 1.25 bits per heavy atom. The normalized spacial score (nSPS) is 10.0. The molecule has 1 rings (SSSR count). The molecule has 63 valence electrons. The van der Waals surface area contributed by atoms with Crippen molar-refractivity contribution in [1.29, 1.82) is 0 Å². The molecule has 0 amide bonds. The summed E-state index contributed by atoms with van der Waals surface area (Å²) in [5.41, 5.74) is 3.45. The first kappa shape index (κ1) is 9.55. The van der Waals surface area contributed by atoms with Gasteiger partial charge in [-0.1, -0.05) is 41.6 Å². The molecular weight excluding hydrogens is 184 g/mol. The predicted octanol–water partition coefficient (Wildman–Crippen LogP) is 2.63. The molecular formula is C10H12ClSi. The van der Waals surface area contributed by atoms with Gasteiger partial charge in [0, 0.05) is 0 Å². The summed E-state index contributed by atoms with van der Waals surface area (Å²) in [6, 6.07) is 10.2. The maximum atomic E-state index is 6.23. The third-order valence-electron chi connectivity index (χ3n) is 1.46. The highest BCUT2D eigenvalue weighted by Crippen LogP contribution is 1.99. The molecule has 2 heteroatoms. The number of allylic oxidation sites excluding steroid dienone is 1. The summed E-state index contributed by atoms with van der Waals surface area (Å²) in [7, 11) is -0.957. The third kappa shape index (κ3) is 2.84. The zero-order chi connectivity index (χ0) is 8.97. The Labute approximate surface area is 80.2 Å². The predicted molar refractivity (Wildman–Crippen MR) is 57.1 cm³/mol. The van der Waals surface area contributed by atoms with Gasteiger partial charge in [0.2, 0.25) is 8.11 Å². The Balaban J connectivity index is 2.79. The molecule has 0 aliphatic rings. The number of benzene rings is 1. The molecule has 1 aromatic carbocycles. The topological polar surface area (TPSA) is 0 Å². The van der Waals surface area contributed by atoms with Crippen LogP contribution in [0.25, 0.3) is 0 Å². The van der Waals surface area contributed by atoms with Gasteiger partial charge in [0.15, 0.2) is 0 Å². The molecule has 0 fully saturated rings. The fraction of sp³-hybridized carbons (Fsp3) is 0.200. The first-order chi connectivity index (χ1) is 5.70. The summed E-state index contributed by atoms with van der Waals surface area (Å²) in [5, 5.41) is 1.25. The quantitative estimate of drug-likeness (QED) is 0.503. The van der Waals surface area contributed by atoms with Gasteiger partial charge >= 0.3 is 0 Å². The van der Waals surface area contributed by atoms with E-state index in [4.69, 9.17) is 11.1 Å². The van der Waals surface area contributed by atoms with Crippen molar-refractivity contribution in [2.75, 3.05) is 0 Å². The van der Waals surface area contributed by atoms with Gasteiger partial charge in [-0.15, -0.1) is 0 Å². The summed E-state index contributed by atoms with van der Waals surface area (Å²) in [6.07, 6.45) is 0. The van der Waals surface area contributed by atoms with Gasteiger partial charge in [-0.3, -0.25) is 0 Å². The highest BCUT2D eigenvalue weighted by molar-refractivity contribution is 7.17. The lowest BCUT2D eigenvalue weighted by molar-refractivity contribution is 1.41. The third-order valence-corrected chi connectivity index (χ3v) is 4.16. The molecule has 1 aromatic rings. The molecule has 0 aromatic heterocycles. The standard InChI is InChI=1S/C10H12ClSi/c1-9(2)8-12(11)10-6-4-3-5-7-10/h3-8H,1-2H3. The van der Waals surface area contributed by atoms with Crippen LogP contribution in [0.3, 0.4) is 0 Å². The van der Waals surface area contributed by atoms with Crippen LogP contribution in [0.4, 0.5) is 0 Å². The van der Waals surface area contributed by atoms with Crippen molar-refractivity contribution in [3.63, 3.8) is 0 Å². The number of hydrogen-bond donors (Lipinski definition) is 0. The largest absolute Gasteiger partial charge is 0.226 e. The lowest BCUT2D eigenvalue weighted by Crippen LogP contribution is -2.21. The average molecular weight is 196 g/mol. The van der Waals surface area contributed by atoms with Gasteiger partial charge in [0.05, 0.1) is 0 Å². The van der Waals surface area contributed by atoms with Crippen molar-refractivity contribution in [1.82, 2.24) is 0 Å². The fourth-order valence-electron chi connectivity index (χ4n) is 0.934. The Morgan fingerprint density at radius 3 is 2.33 bits per heavy atom. The molecule has 0 saturated carbocycles. The Bertz CT molecular complexity index is 262. The molecule has 0 bridgehead atoms. The Morgan fingerprint density at radius 2 is 1.83 bits per heavy atom. The van der Waals surface area contributed by atoms with E-state index in [1.165, 1.54) is 10.8 Å². The lowest BCUT2D eigenvalue weighted by atomic mass is 10.4. The van der Waals surface area contributed by atoms with Gasteiger partial charge in [0.1, 0.15) is 0 Å². The second-order valence-corrected chi connectivity index (χ2v) is 5.72. The van der Waals surface area contributed by atoms with Crippen LogP contribution in [0, 0.1) is 0 Å². The number of hydrogen-bond acceptors (Lipinski definition) is 0. The number of rotatable bonds is 2.